The fourth-order valence-corrected chi connectivity index (χ4v) is 2.80. The van der Waals surface area contributed by atoms with Crippen LogP contribution in [-0.2, 0) is 4.74 Å². The van der Waals surface area contributed by atoms with E-state index >= 15 is 0 Å². The Hall–Kier alpha value is -3.25. The number of carbonyl (C=O) groups excluding carboxylic acids is 1. The van der Waals surface area contributed by atoms with Crippen LogP contribution in [0.3, 0.4) is 0 Å². The molecular formula is C23H26N4O2. The SMILES string of the molecule is COCCNC(=O)c1cc(Nc2ccc(C(C)C)cc2)nc(-c2ccccc2)n1. The Bertz CT molecular complexity index is 941. The molecule has 0 radical (unpaired) electrons. The first kappa shape index (κ1) is 20.5. The molecule has 0 aliphatic heterocycles. The summed E-state index contributed by atoms with van der Waals surface area (Å²) in [4.78, 5) is 21.6. The predicted molar refractivity (Wildman–Crippen MR) is 115 cm³/mol. The van der Waals surface area contributed by atoms with Gasteiger partial charge in [-0.3, -0.25) is 4.79 Å². The number of aromatic nitrogens is 2. The van der Waals surface area contributed by atoms with Crippen molar-refractivity contribution in [1.29, 1.82) is 0 Å². The van der Waals surface area contributed by atoms with Crippen LogP contribution in [-0.4, -0.2) is 36.1 Å². The molecule has 1 heterocycles. The molecule has 0 fully saturated rings. The largest absolute Gasteiger partial charge is 0.383 e. The molecule has 2 aromatic carbocycles. The number of hydrogen-bond acceptors (Lipinski definition) is 5. The lowest BCUT2D eigenvalue weighted by atomic mass is 10.0. The summed E-state index contributed by atoms with van der Waals surface area (Å²) in [7, 11) is 1.59. The van der Waals surface area contributed by atoms with E-state index in [1.807, 2.05) is 42.5 Å². The van der Waals surface area contributed by atoms with Gasteiger partial charge in [-0.1, -0.05) is 56.3 Å². The molecule has 6 nitrogen and oxygen atoms in total. The third-order valence-electron chi connectivity index (χ3n) is 4.43. The Morgan fingerprint density at radius 2 is 1.76 bits per heavy atom. The van der Waals surface area contributed by atoms with Crippen LogP contribution in [0.2, 0.25) is 0 Å². The van der Waals surface area contributed by atoms with E-state index in [1.54, 1.807) is 13.2 Å². The average Bonchev–Trinajstić information content (AvgIpc) is 2.74. The van der Waals surface area contributed by atoms with E-state index in [0.29, 0.717) is 36.4 Å². The van der Waals surface area contributed by atoms with Gasteiger partial charge in [-0.2, -0.15) is 0 Å². The molecule has 0 spiro atoms. The molecule has 0 aliphatic carbocycles. The van der Waals surface area contributed by atoms with Crippen molar-refractivity contribution in [3.05, 3.63) is 71.9 Å². The van der Waals surface area contributed by atoms with E-state index in [4.69, 9.17) is 4.74 Å². The number of rotatable bonds is 8. The molecule has 0 saturated carbocycles. The van der Waals surface area contributed by atoms with Crippen molar-refractivity contribution < 1.29 is 9.53 Å². The van der Waals surface area contributed by atoms with Crippen molar-refractivity contribution in [2.45, 2.75) is 19.8 Å². The first-order valence-corrected chi connectivity index (χ1v) is 9.65. The molecule has 3 aromatic rings. The summed E-state index contributed by atoms with van der Waals surface area (Å²) in [5.74, 6) is 1.26. The molecular weight excluding hydrogens is 364 g/mol. The second-order valence-corrected chi connectivity index (χ2v) is 6.98. The molecule has 6 heteroatoms. The lowest BCUT2D eigenvalue weighted by Crippen LogP contribution is -2.28. The Labute approximate surface area is 171 Å². The summed E-state index contributed by atoms with van der Waals surface area (Å²) < 4.78 is 4.99. The average molecular weight is 390 g/mol. The molecule has 29 heavy (non-hydrogen) atoms. The van der Waals surface area contributed by atoms with E-state index in [9.17, 15) is 4.79 Å². The molecule has 0 bridgehead atoms. The van der Waals surface area contributed by atoms with Crippen LogP contribution in [0.5, 0.6) is 0 Å². The van der Waals surface area contributed by atoms with Crippen LogP contribution in [0.1, 0.15) is 35.8 Å². The number of amides is 1. The maximum Gasteiger partial charge on any atom is 0.270 e. The first-order valence-electron chi connectivity index (χ1n) is 9.65. The Kier molecular flexibility index (Phi) is 6.92. The summed E-state index contributed by atoms with van der Waals surface area (Å²) in [6.45, 7) is 5.18. The Balaban J connectivity index is 1.90. The van der Waals surface area contributed by atoms with Gasteiger partial charge >= 0.3 is 0 Å². The smallest absolute Gasteiger partial charge is 0.270 e. The van der Waals surface area contributed by atoms with Crippen molar-refractivity contribution >= 4 is 17.4 Å². The van der Waals surface area contributed by atoms with Gasteiger partial charge in [-0.15, -0.1) is 0 Å². The highest BCUT2D eigenvalue weighted by atomic mass is 16.5. The van der Waals surface area contributed by atoms with E-state index in [2.05, 4.69) is 46.6 Å². The quantitative estimate of drug-likeness (QED) is 0.558. The highest BCUT2D eigenvalue weighted by Crippen LogP contribution is 2.22. The van der Waals surface area contributed by atoms with Gasteiger partial charge < -0.3 is 15.4 Å². The minimum atomic E-state index is -0.264. The van der Waals surface area contributed by atoms with Crippen LogP contribution in [0.4, 0.5) is 11.5 Å². The second-order valence-electron chi connectivity index (χ2n) is 6.98. The number of benzene rings is 2. The molecule has 150 valence electrons. The van der Waals surface area contributed by atoms with Crippen LogP contribution < -0.4 is 10.6 Å². The molecule has 0 atom stereocenters. The summed E-state index contributed by atoms with van der Waals surface area (Å²) >= 11 is 0. The summed E-state index contributed by atoms with van der Waals surface area (Å²) in [6, 6.07) is 19.5. The van der Waals surface area contributed by atoms with Crippen molar-refractivity contribution in [2.24, 2.45) is 0 Å². The zero-order valence-corrected chi connectivity index (χ0v) is 17.0. The lowest BCUT2D eigenvalue weighted by molar-refractivity contribution is 0.0932. The number of anilines is 2. The van der Waals surface area contributed by atoms with Gasteiger partial charge in [0.2, 0.25) is 0 Å². The number of hydrogen-bond donors (Lipinski definition) is 2. The highest BCUT2D eigenvalue weighted by Gasteiger charge is 2.13. The second kappa shape index (κ2) is 9.80. The van der Waals surface area contributed by atoms with Gasteiger partial charge in [0.15, 0.2) is 5.82 Å². The fraction of sp³-hybridized carbons (Fsp3) is 0.261. The van der Waals surface area contributed by atoms with Gasteiger partial charge in [-0.05, 0) is 23.6 Å². The number of methoxy groups -OCH3 is 1. The molecule has 2 N–H and O–H groups in total. The van der Waals surface area contributed by atoms with E-state index < -0.39 is 0 Å². The van der Waals surface area contributed by atoms with Gasteiger partial charge in [0.05, 0.1) is 6.61 Å². The van der Waals surface area contributed by atoms with E-state index in [-0.39, 0.29) is 5.91 Å². The predicted octanol–water partition coefficient (Wildman–Crippen LogP) is 4.39. The minimum Gasteiger partial charge on any atom is -0.383 e. The number of carbonyl (C=O) groups is 1. The number of ether oxygens (including phenoxy) is 1. The summed E-state index contributed by atoms with van der Waals surface area (Å²) in [6.07, 6.45) is 0. The van der Waals surface area contributed by atoms with Crippen LogP contribution in [0, 0.1) is 0 Å². The third kappa shape index (κ3) is 5.62. The minimum absolute atomic E-state index is 0.264. The Morgan fingerprint density at radius 1 is 1.03 bits per heavy atom. The fourth-order valence-electron chi connectivity index (χ4n) is 2.80. The number of nitrogens with one attached hydrogen (secondary N) is 2. The Morgan fingerprint density at radius 3 is 2.41 bits per heavy atom. The van der Waals surface area contributed by atoms with E-state index in [0.717, 1.165) is 11.3 Å². The van der Waals surface area contributed by atoms with Gasteiger partial charge in [0.25, 0.3) is 5.91 Å². The third-order valence-corrected chi connectivity index (χ3v) is 4.43. The zero-order chi connectivity index (χ0) is 20.6. The maximum absolute atomic E-state index is 12.5. The van der Waals surface area contributed by atoms with Crippen molar-refractivity contribution in [3.63, 3.8) is 0 Å². The van der Waals surface area contributed by atoms with Crippen molar-refractivity contribution in [1.82, 2.24) is 15.3 Å². The maximum atomic E-state index is 12.5. The normalized spacial score (nSPS) is 10.8. The van der Waals surface area contributed by atoms with Crippen molar-refractivity contribution in [3.8, 4) is 11.4 Å². The molecule has 0 aliphatic rings. The van der Waals surface area contributed by atoms with Crippen LogP contribution in [0.15, 0.2) is 60.7 Å². The van der Waals surface area contributed by atoms with Gasteiger partial charge in [0.1, 0.15) is 11.5 Å². The lowest BCUT2D eigenvalue weighted by Gasteiger charge is -2.12. The van der Waals surface area contributed by atoms with E-state index in [1.165, 1.54) is 5.56 Å². The van der Waals surface area contributed by atoms with Gasteiger partial charge in [-0.25, -0.2) is 9.97 Å². The highest BCUT2D eigenvalue weighted by molar-refractivity contribution is 5.93. The first-order chi connectivity index (χ1) is 14.1. The summed E-state index contributed by atoms with van der Waals surface area (Å²) in [5.41, 5.74) is 3.31. The molecule has 0 unspecified atom stereocenters. The number of nitrogens with zero attached hydrogens (tertiary/aromatic N) is 2. The molecule has 0 saturated heterocycles. The summed E-state index contributed by atoms with van der Waals surface area (Å²) in [5, 5.41) is 6.09. The molecule has 1 aromatic heterocycles. The monoisotopic (exact) mass is 390 g/mol. The topological polar surface area (TPSA) is 76.1 Å². The van der Waals surface area contributed by atoms with Crippen LogP contribution in [0.25, 0.3) is 11.4 Å². The molecule has 3 rings (SSSR count). The zero-order valence-electron chi connectivity index (χ0n) is 17.0. The molecule has 1 amide bonds. The van der Waals surface area contributed by atoms with Gasteiger partial charge in [0, 0.05) is 31.0 Å². The standard InChI is InChI=1S/C23H26N4O2/c1-16(2)17-9-11-19(12-10-17)25-21-15-20(23(28)24-13-14-29-3)26-22(27-21)18-7-5-4-6-8-18/h4-12,15-16H,13-14H2,1-3H3,(H,24,28)(H,25,26,27). The van der Waals surface area contributed by atoms with Crippen molar-refractivity contribution in [2.75, 3.05) is 25.6 Å². The van der Waals surface area contributed by atoms with Crippen LogP contribution >= 0.6 is 0 Å².